The van der Waals surface area contributed by atoms with Crippen LogP contribution in [0.15, 0.2) is 29.2 Å². The predicted molar refractivity (Wildman–Crippen MR) is 108 cm³/mol. The predicted octanol–water partition coefficient (Wildman–Crippen LogP) is 1.21. The molecule has 0 bridgehead atoms. The number of nitrogens with two attached hydrogens (primary N) is 1. The zero-order chi connectivity index (χ0) is 19.5. The summed E-state index contributed by atoms with van der Waals surface area (Å²) in [7, 11) is -2.08. The monoisotopic (exact) mass is 419 g/mol. The molecule has 1 aliphatic rings. The van der Waals surface area contributed by atoms with Gasteiger partial charge in [-0.2, -0.15) is 4.31 Å². The maximum Gasteiger partial charge on any atom is 0.243 e. The van der Waals surface area contributed by atoms with Gasteiger partial charge in [0, 0.05) is 33.3 Å². The van der Waals surface area contributed by atoms with Crippen LogP contribution in [0, 0.1) is 0 Å². The number of amides is 1. The van der Waals surface area contributed by atoms with Crippen molar-refractivity contribution in [2.75, 3.05) is 39.9 Å². The van der Waals surface area contributed by atoms with Gasteiger partial charge in [0.15, 0.2) is 0 Å². The summed E-state index contributed by atoms with van der Waals surface area (Å²) in [6, 6.07) is 6.31. The lowest BCUT2D eigenvalue weighted by Crippen LogP contribution is -2.55. The minimum absolute atomic E-state index is 0. The molecule has 0 aromatic heterocycles. The highest BCUT2D eigenvalue weighted by Crippen LogP contribution is 2.25. The molecule has 9 heteroatoms. The van der Waals surface area contributed by atoms with E-state index >= 15 is 0 Å². The van der Waals surface area contributed by atoms with Crippen molar-refractivity contribution < 1.29 is 17.9 Å². The Bertz CT molecular complexity index is 724. The Morgan fingerprint density at radius 1 is 1.15 bits per heavy atom. The van der Waals surface area contributed by atoms with E-state index in [0.717, 1.165) is 5.56 Å². The van der Waals surface area contributed by atoms with Gasteiger partial charge in [-0.05, 0) is 23.1 Å². The number of hydrogen-bond donors (Lipinski definition) is 1. The highest BCUT2D eigenvalue weighted by atomic mass is 35.5. The lowest BCUT2D eigenvalue weighted by molar-refractivity contribution is -0.134. The number of benzene rings is 1. The first-order chi connectivity index (χ1) is 12.1. The molecule has 2 N–H and O–H groups in total. The van der Waals surface area contributed by atoms with Crippen molar-refractivity contribution in [1.29, 1.82) is 0 Å². The summed E-state index contributed by atoms with van der Waals surface area (Å²) in [5.74, 6) is -0.210. The normalized spacial score (nSPS) is 17.3. The first kappa shape index (κ1) is 23.8. The number of nitrogens with zero attached hydrogens (tertiary/aromatic N) is 2. The molecule has 1 saturated heterocycles. The maximum atomic E-state index is 12.8. The first-order valence-electron chi connectivity index (χ1n) is 8.71. The van der Waals surface area contributed by atoms with E-state index in [2.05, 4.69) is 20.8 Å². The van der Waals surface area contributed by atoms with Gasteiger partial charge in [0.1, 0.15) is 6.04 Å². The van der Waals surface area contributed by atoms with Crippen molar-refractivity contribution in [2.24, 2.45) is 5.73 Å². The molecule has 0 saturated carbocycles. The second-order valence-electron chi connectivity index (χ2n) is 7.57. The largest absolute Gasteiger partial charge is 0.383 e. The van der Waals surface area contributed by atoms with Crippen molar-refractivity contribution in [3.63, 3.8) is 0 Å². The zero-order valence-electron chi connectivity index (χ0n) is 16.3. The van der Waals surface area contributed by atoms with Crippen molar-refractivity contribution in [3.05, 3.63) is 29.8 Å². The number of methoxy groups -OCH3 is 1. The van der Waals surface area contributed by atoms with Gasteiger partial charge in [0.05, 0.1) is 11.5 Å². The van der Waals surface area contributed by atoms with Crippen molar-refractivity contribution in [1.82, 2.24) is 9.21 Å². The van der Waals surface area contributed by atoms with Crippen LogP contribution < -0.4 is 5.73 Å². The summed E-state index contributed by atoms with van der Waals surface area (Å²) in [6.07, 6.45) is 0. The van der Waals surface area contributed by atoms with E-state index in [0.29, 0.717) is 13.1 Å². The van der Waals surface area contributed by atoms with Crippen LogP contribution >= 0.6 is 12.4 Å². The molecular weight excluding hydrogens is 390 g/mol. The van der Waals surface area contributed by atoms with E-state index in [1.807, 2.05) is 12.1 Å². The van der Waals surface area contributed by atoms with Crippen molar-refractivity contribution >= 4 is 28.3 Å². The number of rotatable bonds is 5. The molecule has 1 aromatic carbocycles. The van der Waals surface area contributed by atoms with Gasteiger partial charge >= 0.3 is 0 Å². The highest BCUT2D eigenvalue weighted by Gasteiger charge is 2.31. The average Bonchev–Trinajstić information content (AvgIpc) is 2.60. The Kier molecular flexibility index (Phi) is 8.25. The van der Waals surface area contributed by atoms with Crippen LogP contribution in [0.5, 0.6) is 0 Å². The zero-order valence-corrected chi connectivity index (χ0v) is 18.0. The van der Waals surface area contributed by atoms with E-state index in [-0.39, 0.29) is 48.3 Å². The number of ether oxygens (including phenoxy) is 1. The van der Waals surface area contributed by atoms with Gasteiger partial charge in [0.25, 0.3) is 0 Å². The molecule has 0 radical (unpaired) electrons. The topological polar surface area (TPSA) is 92.9 Å². The smallest absolute Gasteiger partial charge is 0.243 e. The van der Waals surface area contributed by atoms with E-state index in [1.54, 1.807) is 17.0 Å². The third kappa shape index (κ3) is 5.65. The third-order valence-corrected chi connectivity index (χ3v) is 6.48. The number of piperazine rings is 1. The van der Waals surface area contributed by atoms with Crippen LogP contribution in [0.25, 0.3) is 0 Å². The van der Waals surface area contributed by atoms with Crippen molar-refractivity contribution in [2.45, 2.75) is 37.1 Å². The number of sulfonamides is 1. The molecule has 1 amide bonds. The maximum absolute atomic E-state index is 12.8. The molecule has 1 heterocycles. The average molecular weight is 420 g/mol. The van der Waals surface area contributed by atoms with Gasteiger partial charge < -0.3 is 15.4 Å². The Morgan fingerprint density at radius 3 is 2.11 bits per heavy atom. The van der Waals surface area contributed by atoms with Crippen LogP contribution in [0.2, 0.25) is 0 Å². The molecule has 1 unspecified atom stereocenters. The fourth-order valence-corrected chi connectivity index (χ4v) is 4.33. The van der Waals surface area contributed by atoms with Gasteiger partial charge in [0.2, 0.25) is 15.9 Å². The number of carbonyl (C=O) groups is 1. The Morgan fingerprint density at radius 2 is 1.67 bits per heavy atom. The Labute approximate surface area is 168 Å². The highest BCUT2D eigenvalue weighted by molar-refractivity contribution is 7.89. The summed E-state index contributed by atoms with van der Waals surface area (Å²) in [6.45, 7) is 7.58. The minimum atomic E-state index is -3.56. The lowest BCUT2D eigenvalue weighted by atomic mass is 9.87. The molecule has 7 nitrogen and oxygen atoms in total. The second kappa shape index (κ2) is 9.34. The molecule has 1 aromatic rings. The van der Waals surface area contributed by atoms with Crippen LogP contribution in [-0.2, 0) is 25.0 Å². The van der Waals surface area contributed by atoms with E-state index < -0.39 is 16.1 Å². The van der Waals surface area contributed by atoms with Crippen LogP contribution in [0.3, 0.4) is 0 Å². The molecule has 1 fully saturated rings. The van der Waals surface area contributed by atoms with Crippen LogP contribution in [-0.4, -0.2) is 69.5 Å². The Hall–Kier alpha value is -1.19. The van der Waals surface area contributed by atoms with E-state index in [9.17, 15) is 13.2 Å². The van der Waals surface area contributed by atoms with Crippen LogP contribution in [0.1, 0.15) is 26.3 Å². The van der Waals surface area contributed by atoms with E-state index in [4.69, 9.17) is 10.5 Å². The fourth-order valence-electron chi connectivity index (χ4n) is 2.91. The molecule has 0 aliphatic carbocycles. The van der Waals surface area contributed by atoms with E-state index in [1.165, 1.54) is 11.4 Å². The number of halogens is 1. The SMILES string of the molecule is COCC(N)C(=O)N1CCN(S(=O)(=O)c2ccc(C(C)(C)C)cc2)CC1.Cl. The molecule has 27 heavy (non-hydrogen) atoms. The molecule has 1 aliphatic heterocycles. The fraction of sp³-hybridized carbons (Fsp3) is 0.611. The summed E-state index contributed by atoms with van der Waals surface area (Å²) in [5, 5.41) is 0. The second-order valence-corrected chi connectivity index (χ2v) is 9.50. The van der Waals surface area contributed by atoms with Gasteiger partial charge in [-0.1, -0.05) is 32.9 Å². The molecular formula is C18H30ClN3O4S. The lowest BCUT2D eigenvalue weighted by Gasteiger charge is -2.35. The molecule has 154 valence electrons. The third-order valence-electron chi connectivity index (χ3n) is 4.57. The number of hydrogen-bond acceptors (Lipinski definition) is 5. The summed E-state index contributed by atoms with van der Waals surface area (Å²) in [4.78, 5) is 14.1. The van der Waals surface area contributed by atoms with Gasteiger partial charge in [-0.25, -0.2) is 8.42 Å². The number of carbonyl (C=O) groups excluding carboxylic acids is 1. The summed E-state index contributed by atoms with van der Waals surface area (Å²) < 4.78 is 32.0. The minimum Gasteiger partial charge on any atom is -0.383 e. The molecule has 2 rings (SSSR count). The Balaban J connectivity index is 0.00000364. The summed E-state index contributed by atoms with van der Waals surface area (Å²) >= 11 is 0. The van der Waals surface area contributed by atoms with Crippen LogP contribution in [0.4, 0.5) is 0 Å². The summed E-state index contributed by atoms with van der Waals surface area (Å²) in [5.41, 5.74) is 6.82. The quantitative estimate of drug-likeness (QED) is 0.774. The van der Waals surface area contributed by atoms with Crippen molar-refractivity contribution in [3.8, 4) is 0 Å². The first-order valence-corrected chi connectivity index (χ1v) is 10.2. The molecule has 0 spiro atoms. The van der Waals surface area contributed by atoms with Gasteiger partial charge in [-0.3, -0.25) is 4.79 Å². The standard InChI is InChI=1S/C18H29N3O4S.ClH/c1-18(2,3)14-5-7-15(8-6-14)26(23,24)21-11-9-20(10-12-21)17(22)16(19)13-25-4;/h5-8,16H,9-13,19H2,1-4H3;1H. The molecule has 1 atom stereocenters. The van der Waals surface area contributed by atoms with Gasteiger partial charge in [-0.15, -0.1) is 12.4 Å².